The molecule has 0 bridgehead atoms. The third-order valence-corrected chi connectivity index (χ3v) is 3.55. The predicted molar refractivity (Wildman–Crippen MR) is 82.6 cm³/mol. The maximum absolute atomic E-state index is 13.9. The molecule has 1 N–H and O–H groups in total. The second kappa shape index (κ2) is 9.89. The van der Waals surface area contributed by atoms with Crippen LogP contribution in [0.2, 0.25) is 0 Å². The van der Waals surface area contributed by atoms with Crippen LogP contribution in [0.1, 0.15) is 44.6 Å². The smallest absolute Gasteiger partial charge is 0.126 e. The zero-order valence-corrected chi connectivity index (χ0v) is 13.0. The lowest BCUT2D eigenvalue weighted by molar-refractivity contribution is 0.198. The summed E-state index contributed by atoms with van der Waals surface area (Å²) in [6.45, 7) is 6.77. The molecule has 20 heavy (non-hydrogen) atoms. The Morgan fingerprint density at radius 3 is 2.60 bits per heavy atom. The van der Waals surface area contributed by atoms with Crippen LogP contribution in [-0.4, -0.2) is 26.8 Å². The molecule has 0 spiro atoms. The van der Waals surface area contributed by atoms with Crippen LogP contribution in [0.3, 0.4) is 0 Å². The van der Waals surface area contributed by atoms with Crippen molar-refractivity contribution < 1.29 is 9.13 Å². The van der Waals surface area contributed by atoms with Crippen LogP contribution in [-0.2, 0) is 4.74 Å². The fourth-order valence-corrected chi connectivity index (χ4v) is 2.40. The molecule has 0 heterocycles. The standard InChI is InChI=1S/C17H28FNO/c1-14(2)7-6-8-15(13-19-11-12-20-3)16-9-4-5-10-17(16)18/h4-5,9-10,14-15,19H,6-8,11-13H2,1-3H3. The first kappa shape index (κ1) is 17.1. The summed E-state index contributed by atoms with van der Waals surface area (Å²) < 4.78 is 19.0. The second-order valence-corrected chi connectivity index (χ2v) is 5.74. The average Bonchev–Trinajstić information content (AvgIpc) is 2.42. The number of rotatable bonds is 10. The van der Waals surface area contributed by atoms with Crippen molar-refractivity contribution in [3.05, 3.63) is 35.6 Å². The summed E-state index contributed by atoms with van der Waals surface area (Å²) in [4.78, 5) is 0. The van der Waals surface area contributed by atoms with E-state index in [4.69, 9.17) is 4.74 Å². The lowest BCUT2D eigenvalue weighted by Gasteiger charge is -2.19. The van der Waals surface area contributed by atoms with E-state index in [1.165, 1.54) is 6.42 Å². The summed E-state index contributed by atoms with van der Waals surface area (Å²) in [6, 6.07) is 7.14. The SMILES string of the molecule is COCCNCC(CCCC(C)C)c1ccccc1F. The van der Waals surface area contributed by atoms with Gasteiger partial charge in [-0.25, -0.2) is 4.39 Å². The average molecular weight is 281 g/mol. The molecule has 1 atom stereocenters. The van der Waals surface area contributed by atoms with Gasteiger partial charge in [-0.2, -0.15) is 0 Å². The third kappa shape index (κ3) is 6.49. The number of methoxy groups -OCH3 is 1. The Hall–Kier alpha value is -0.930. The lowest BCUT2D eigenvalue weighted by atomic mass is 9.91. The van der Waals surface area contributed by atoms with Gasteiger partial charge in [0.2, 0.25) is 0 Å². The topological polar surface area (TPSA) is 21.3 Å². The maximum atomic E-state index is 13.9. The van der Waals surface area contributed by atoms with Gasteiger partial charge in [0.1, 0.15) is 5.82 Å². The Labute approximate surface area is 122 Å². The molecule has 0 fully saturated rings. The lowest BCUT2D eigenvalue weighted by Crippen LogP contribution is -2.25. The summed E-state index contributed by atoms with van der Waals surface area (Å²) in [5.74, 6) is 0.861. The quantitative estimate of drug-likeness (QED) is 0.655. The molecule has 0 aliphatic rings. The molecule has 1 rings (SSSR count). The molecule has 0 aromatic heterocycles. The highest BCUT2D eigenvalue weighted by Gasteiger charge is 2.15. The Morgan fingerprint density at radius 2 is 1.95 bits per heavy atom. The van der Waals surface area contributed by atoms with Gasteiger partial charge in [-0.05, 0) is 29.9 Å². The molecule has 0 radical (unpaired) electrons. The van der Waals surface area contributed by atoms with Crippen LogP contribution < -0.4 is 5.32 Å². The van der Waals surface area contributed by atoms with Crippen LogP contribution in [0.5, 0.6) is 0 Å². The van der Waals surface area contributed by atoms with E-state index in [0.29, 0.717) is 12.5 Å². The van der Waals surface area contributed by atoms with Gasteiger partial charge < -0.3 is 10.1 Å². The second-order valence-electron chi connectivity index (χ2n) is 5.74. The largest absolute Gasteiger partial charge is 0.383 e. The van der Waals surface area contributed by atoms with E-state index < -0.39 is 0 Å². The molecule has 0 saturated carbocycles. The van der Waals surface area contributed by atoms with E-state index in [1.807, 2.05) is 12.1 Å². The minimum atomic E-state index is -0.0874. The van der Waals surface area contributed by atoms with Crippen molar-refractivity contribution in [2.45, 2.75) is 39.0 Å². The van der Waals surface area contributed by atoms with E-state index >= 15 is 0 Å². The molecule has 1 aromatic rings. The Balaban J connectivity index is 2.56. The summed E-state index contributed by atoms with van der Waals surface area (Å²) >= 11 is 0. The highest BCUT2D eigenvalue weighted by atomic mass is 19.1. The molecule has 0 amide bonds. The van der Waals surface area contributed by atoms with Crippen LogP contribution in [0.25, 0.3) is 0 Å². The zero-order valence-electron chi connectivity index (χ0n) is 13.0. The summed E-state index contributed by atoms with van der Waals surface area (Å²) in [6.07, 6.45) is 3.37. The third-order valence-electron chi connectivity index (χ3n) is 3.55. The zero-order chi connectivity index (χ0) is 14.8. The minimum absolute atomic E-state index is 0.0874. The van der Waals surface area contributed by atoms with Crippen molar-refractivity contribution >= 4 is 0 Å². The van der Waals surface area contributed by atoms with Gasteiger partial charge in [0.25, 0.3) is 0 Å². The summed E-state index contributed by atoms with van der Waals surface area (Å²) in [7, 11) is 1.69. The first-order valence-corrected chi connectivity index (χ1v) is 7.59. The molecule has 2 nitrogen and oxygen atoms in total. The number of hydrogen-bond donors (Lipinski definition) is 1. The molecular formula is C17H28FNO. The van der Waals surface area contributed by atoms with Gasteiger partial charge in [-0.1, -0.05) is 44.9 Å². The first-order valence-electron chi connectivity index (χ1n) is 7.59. The summed E-state index contributed by atoms with van der Waals surface area (Å²) in [5, 5.41) is 3.36. The Bertz CT molecular complexity index is 368. The van der Waals surface area contributed by atoms with Gasteiger partial charge in [-0.15, -0.1) is 0 Å². The van der Waals surface area contributed by atoms with Crippen LogP contribution in [0.4, 0.5) is 4.39 Å². The van der Waals surface area contributed by atoms with Gasteiger partial charge in [-0.3, -0.25) is 0 Å². The molecule has 1 aromatic carbocycles. The number of halogens is 1. The fourth-order valence-electron chi connectivity index (χ4n) is 2.40. The molecule has 0 aliphatic carbocycles. The first-order chi connectivity index (χ1) is 9.65. The predicted octanol–water partition coefficient (Wildman–Crippen LogP) is 3.97. The fraction of sp³-hybridized carbons (Fsp3) is 0.647. The number of ether oxygens (including phenoxy) is 1. The number of benzene rings is 1. The van der Waals surface area contributed by atoms with Gasteiger partial charge >= 0.3 is 0 Å². The van der Waals surface area contributed by atoms with Gasteiger partial charge in [0.15, 0.2) is 0 Å². The van der Waals surface area contributed by atoms with Gasteiger partial charge in [0.05, 0.1) is 6.61 Å². The normalized spacial score (nSPS) is 12.8. The van der Waals surface area contributed by atoms with Crippen LogP contribution in [0.15, 0.2) is 24.3 Å². The minimum Gasteiger partial charge on any atom is -0.383 e. The highest BCUT2D eigenvalue weighted by Crippen LogP contribution is 2.25. The van der Waals surface area contributed by atoms with E-state index in [-0.39, 0.29) is 11.7 Å². The van der Waals surface area contributed by atoms with Crippen molar-refractivity contribution in [2.24, 2.45) is 5.92 Å². The number of nitrogens with one attached hydrogen (secondary N) is 1. The molecule has 0 saturated heterocycles. The number of hydrogen-bond acceptors (Lipinski definition) is 2. The molecule has 3 heteroatoms. The van der Waals surface area contributed by atoms with E-state index in [9.17, 15) is 4.39 Å². The van der Waals surface area contributed by atoms with Crippen molar-refractivity contribution in [1.82, 2.24) is 5.32 Å². The molecular weight excluding hydrogens is 253 g/mol. The molecule has 0 aliphatic heterocycles. The van der Waals surface area contributed by atoms with Gasteiger partial charge in [0, 0.05) is 20.2 Å². The Kier molecular flexibility index (Phi) is 8.47. The Morgan fingerprint density at radius 1 is 1.20 bits per heavy atom. The highest BCUT2D eigenvalue weighted by molar-refractivity contribution is 5.22. The van der Waals surface area contributed by atoms with Crippen molar-refractivity contribution in [2.75, 3.05) is 26.8 Å². The van der Waals surface area contributed by atoms with E-state index in [2.05, 4.69) is 19.2 Å². The van der Waals surface area contributed by atoms with Crippen LogP contribution in [0, 0.1) is 11.7 Å². The van der Waals surface area contributed by atoms with E-state index in [1.54, 1.807) is 19.2 Å². The molecule has 1 unspecified atom stereocenters. The monoisotopic (exact) mass is 281 g/mol. The van der Waals surface area contributed by atoms with Crippen molar-refractivity contribution in [3.8, 4) is 0 Å². The summed E-state index contributed by atoms with van der Waals surface area (Å²) in [5.41, 5.74) is 0.834. The maximum Gasteiger partial charge on any atom is 0.126 e. The molecule has 114 valence electrons. The van der Waals surface area contributed by atoms with Crippen molar-refractivity contribution in [1.29, 1.82) is 0 Å². The van der Waals surface area contributed by atoms with E-state index in [0.717, 1.165) is 31.5 Å². The van der Waals surface area contributed by atoms with Crippen molar-refractivity contribution in [3.63, 3.8) is 0 Å². The van der Waals surface area contributed by atoms with Crippen LogP contribution >= 0.6 is 0 Å².